The maximum absolute atomic E-state index is 11.9. The lowest BCUT2D eigenvalue weighted by atomic mass is 10.1. The Morgan fingerprint density at radius 3 is 2.80 bits per heavy atom. The van der Waals surface area contributed by atoms with Gasteiger partial charge in [-0.05, 0) is 36.8 Å². The van der Waals surface area contributed by atoms with Crippen molar-refractivity contribution in [2.24, 2.45) is 0 Å². The van der Waals surface area contributed by atoms with Crippen LogP contribution < -0.4 is 4.74 Å². The SMILES string of the molecule is CCOC(=O)c1n[nH]nc1-c1cccc(OCc2cccc(Cl)c2)c1. The Hall–Kier alpha value is -2.86. The van der Waals surface area contributed by atoms with E-state index in [0.717, 1.165) is 5.56 Å². The maximum Gasteiger partial charge on any atom is 0.361 e. The maximum atomic E-state index is 11.9. The molecule has 1 heterocycles. The Balaban J connectivity index is 1.78. The first-order valence-corrected chi connectivity index (χ1v) is 8.10. The van der Waals surface area contributed by atoms with Crippen molar-refractivity contribution in [1.82, 2.24) is 15.4 Å². The summed E-state index contributed by atoms with van der Waals surface area (Å²) in [5.41, 5.74) is 2.24. The molecule has 128 valence electrons. The molecule has 0 aliphatic carbocycles. The lowest BCUT2D eigenvalue weighted by molar-refractivity contribution is 0.0520. The van der Waals surface area contributed by atoms with Crippen LogP contribution in [0.4, 0.5) is 0 Å². The summed E-state index contributed by atoms with van der Waals surface area (Å²) in [7, 11) is 0. The van der Waals surface area contributed by atoms with Crippen LogP contribution in [0.25, 0.3) is 11.3 Å². The molecule has 0 bridgehead atoms. The van der Waals surface area contributed by atoms with Crippen LogP contribution in [0.2, 0.25) is 5.02 Å². The number of nitrogens with one attached hydrogen (secondary N) is 1. The fourth-order valence-corrected chi connectivity index (χ4v) is 2.51. The summed E-state index contributed by atoms with van der Waals surface area (Å²) in [6, 6.07) is 14.8. The summed E-state index contributed by atoms with van der Waals surface area (Å²) in [6.45, 7) is 2.39. The number of benzene rings is 2. The van der Waals surface area contributed by atoms with E-state index in [-0.39, 0.29) is 12.3 Å². The predicted molar refractivity (Wildman–Crippen MR) is 93.6 cm³/mol. The van der Waals surface area contributed by atoms with Gasteiger partial charge in [-0.25, -0.2) is 4.79 Å². The first-order chi connectivity index (χ1) is 12.2. The minimum Gasteiger partial charge on any atom is -0.489 e. The van der Waals surface area contributed by atoms with E-state index >= 15 is 0 Å². The van der Waals surface area contributed by atoms with Gasteiger partial charge in [0.15, 0.2) is 5.69 Å². The number of halogens is 1. The molecule has 3 aromatic rings. The number of ether oxygens (including phenoxy) is 2. The van der Waals surface area contributed by atoms with Crippen molar-refractivity contribution in [2.75, 3.05) is 6.61 Å². The number of aromatic nitrogens is 3. The molecule has 0 saturated heterocycles. The van der Waals surface area contributed by atoms with Crippen molar-refractivity contribution >= 4 is 17.6 Å². The minimum atomic E-state index is -0.517. The molecule has 3 rings (SSSR count). The summed E-state index contributed by atoms with van der Waals surface area (Å²) in [5.74, 6) is 0.131. The van der Waals surface area contributed by atoms with E-state index in [1.54, 1.807) is 13.0 Å². The standard InChI is InChI=1S/C18H16ClN3O3/c1-2-24-18(23)17-16(20-22-21-17)13-6-4-8-15(10-13)25-11-12-5-3-7-14(19)9-12/h3-10H,2,11H2,1H3,(H,20,21,22). The molecule has 1 aromatic heterocycles. The van der Waals surface area contributed by atoms with Crippen molar-refractivity contribution in [3.05, 3.63) is 64.8 Å². The minimum absolute atomic E-state index is 0.147. The van der Waals surface area contributed by atoms with Crippen molar-refractivity contribution in [3.63, 3.8) is 0 Å². The normalized spacial score (nSPS) is 10.5. The first kappa shape index (κ1) is 17.0. The monoisotopic (exact) mass is 357 g/mol. The average Bonchev–Trinajstić information content (AvgIpc) is 3.10. The Bertz CT molecular complexity index is 879. The van der Waals surface area contributed by atoms with Gasteiger partial charge >= 0.3 is 5.97 Å². The molecule has 0 aliphatic heterocycles. The summed E-state index contributed by atoms with van der Waals surface area (Å²) in [5, 5.41) is 11.1. The van der Waals surface area contributed by atoms with E-state index in [1.807, 2.05) is 42.5 Å². The van der Waals surface area contributed by atoms with Gasteiger partial charge in [-0.3, -0.25) is 0 Å². The van der Waals surface area contributed by atoms with Gasteiger partial charge in [-0.15, -0.1) is 5.10 Å². The third kappa shape index (κ3) is 4.16. The van der Waals surface area contributed by atoms with Gasteiger partial charge in [-0.1, -0.05) is 35.9 Å². The second-order valence-electron chi connectivity index (χ2n) is 5.19. The highest BCUT2D eigenvalue weighted by atomic mass is 35.5. The van der Waals surface area contributed by atoms with Crippen LogP contribution in [0.15, 0.2) is 48.5 Å². The molecule has 1 N–H and O–H groups in total. The molecule has 0 atom stereocenters. The molecule has 0 spiro atoms. The third-order valence-corrected chi connectivity index (χ3v) is 3.65. The number of rotatable bonds is 6. The largest absolute Gasteiger partial charge is 0.489 e. The second kappa shape index (κ2) is 7.81. The Morgan fingerprint density at radius 1 is 1.16 bits per heavy atom. The smallest absolute Gasteiger partial charge is 0.361 e. The molecule has 0 fully saturated rings. The van der Waals surface area contributed by atoms with Gasteiger partial charge in [0, 0.05) is 10.6 Å². The van der Waals surface area contributed by atoms with Crippen molar-refractivity contribution in [2.45, 2.75) is 13.5 Å². The summed E-state index contributed by atoms with van der Waals surface area (Å²) in [6.07, 6.45) is 0. The van der Waals surface area contributed by atoms with Crippen molar-refractivity contribution < 1.29 is 14.3 Å². The van der Waals surface area contributed by atoms with Crippen LogP contribution in [0, 0.1) is 0 Å². The van der Waals surface area contributed by atoms with E-state index in [2.05, 4.69) is 15.4 Å². The Kier molecular flexibility index (Phi) is 5.30. The zero-order valence-electron chi connectivity index (χ0n) is 13.5. The van der Waals surface area contributed by atoms with Gasteiger partial charge < -0.3 is 9.47 Å². The Labute approximate surface area is 149 Å². The fraction of sp³-hybridized carbons (Fsp3) is 0.167. The number of hydrogen-bond acceptors (Lipinski definition) is 5. The zero-order chi connectivity index (χ0) is 17.6. The number of hydrogen-bond donors (Lipinski definition) is 1. The first-order valence-electron chi connectivity index (χ1n) is 7.73. The van der Waals surface area contributed by atoms with Crippen molar-refractivity contribution in [1.29, 1.82) is 0 Å². The Morgan fingerprint density at radius 2 is 2.00 bits per heavy atom. The van der Waals surface area contributed by atoms with Crippen LogP contribution >= 0.6 is 11.6 Å². The molecule has 6 nitrogen and oxygen atoms in total. The lowest BCUT2D eigenvalue weighted by Crippen LogP contribution is -2.06. The fourth-order valence-electron chi connectivity index (χ4n) is 2.30. The van der Waals surface area contributed by atoms with Crippen LogP contribution in [-0.2, 0) is 11.3 Å². The summed E-state index contributed by atoms with van der Waals surface area (Å²) < 4.78 is 10.8. The quantitative estimate of drug-likeness (QED) is 0.677. The van der Waals surface area contributed by atoms with E-state index in [4.69, 9.17) is 21.1 Å². The lowest BCUT2D eigenvalue weighted by Gasteiger charge is -2.08. The van der Waals surface area contributed by atoms with Crippen LogP contribution in [0.5, 0.6) is 5.75 Å². The van der Waals surface area contributed by atoms with E-state index < -0.39 is 5.97 Å². The zero-order valence-corrected chi connectivity index (χ0v) is 14.3. The number of aromatic amines is 1. The number of carbonyl (C=O) groups is 1. The molecule has 25 heavy (non-hydrogen) atoms. The highest BCUT2D eigenvalue weighted by Gasteiger charge is 2.19. The van der Waals surface area contributed by atoms with E-state index in [9.17, 15) is 4.79 Å². The molecule has 7 heteroatoms. The molecule has 0 saturated carbocycles. The highest BCUT2D eigenvalue weighted by molar-refractivity contribution is 6.30. The van der Waals surface area contributed by atoms with Gasteiger partial charge in [0.2, 0.25) is 0 Å². The predicted octanol–water partition coefficient (Wildman–Crippen LogP) is 3.88. The molecule has 0 unspecified atom stereocenters. The molecular formula is C18H16ClN3O3. The number of nitrogens with zero attached hydrogens (tertiary/aromatic N) is 2. The number of esters is 1. The van der Waals surface area contributed by atoms with Crippen LogP contribution in [0.1, 0.15) is 23.0 Å². The molecular weight excluding hydrogens is 342 g/mol. The van der Waals surface area contributed by atoms with Gasteiger partial charge in [0.1, 0.15) is 18.1 Å². The highest BCUT2D eigenvalue weighted by Crippen LogP contribution is 2.25. The summed E-state index contributed by atoms with van der Waals surface area (Å²) in [4.78, 5) is 11.9. The molecule has 0 aliphatic rings. The third-order valence-electron chi connectivity index (χ3n) is 3.42. The van der Waals surface area contributed by atoms with Crippen molar-refractivity contribution in [3.8, 4) is 17.0 Å². The second-order valence-corrected chi connectivity index (χ2v) is 5.62. The van der Waals surface area contributed by atoms with Gasteiger partial charge in [0.05, 0.1) is 6.61 Å². The van der Waals surface area contributed by atoms with Gasteiger partial charge in [0.25, 0.3) is 0 Å². The van der Waals surface area contributed by atoms with Crippen LogP contribution in [0.3, 0.4) is 0 Å². The average molecular weight is 358 g/mol. The molecule has 0 radical (unpaired) electrons. The number of H-pyrrole nitrogens is 1. The topological polar surface area (TPSA) is 77.1 Å². The number of carbonyl (C=O) groups excluding carboxylic acids is 1. The van der Waals surface area contributed by atoms with Gasteiger partial charge in [-0.2, -0.15) is 10.3 Å². The summed E-state index contributed by atoms with van der Waals surface area (Å²) >= 11 is 5.97. The van der Waals surface area contributed by atoms with E-state index in [0.29, 0.717) is 28.6 Å². The van der Waals surface area contributed by atoms with Crippen LogP contribution in [-0.4, -0.2) is 28.0 Å². The molecule has 0 amide bonds. The molecule has 2 aromatic carbocycles. The van der Waals surface area contributed by atoms with E-state index in [1.165, 1.54) is 0 Å².